The zero-order valence-electron chi connectivity index (χ0n) is 12.4. The minimum atomic E-state index is -0.714. The number of rotatable bonds is 3. The number of hydrogen-bond donors (Lipinski definition) is 1. The number of halogens is 1. The van der Waals surface area contributed by atoms with Crippen LogP contribution in [0.4, 0.5) is 4.79 Å². The molecule has 1 rings (SSSR count). The number of alkyl carbamates (subject to hydrolysis) is 1. The number of ether oxygens (including phenoxy) is 2. The fourth-order valence-electron chi connectivity index (χ4n) is 1.43. The van der Waals surface area contributed by atoms with Crippen molar-refractivity contribution in [1.29, 1.82) is 0 Å². The predicted octanol–water partition coefficient (Wildman–Crippen LogP) is 3.49. The second-order valence-electron chi connectivity index (χ2n) is 5.23. The second-order valence-corrected chi connectivity index (χ2v) is 6.15. The Hall–Kier alpha value is -1.82. The molecule has 1 amide bonds. The van der Waals surface area contributed by atoms with Crippen LogP contribution in [-0.4, -0.2) is 24.8 Å². The fourth-order valence-corrected chi connectivity index (χ4v) is 1.85. The number of amides is 1. The Bertz CT molecular complexity index is 561. The molecule has 0 aliphatic carbocycles. The topological polar surface area (TPSA) is 64.6 Å². The van der Waals surface area contributed by atoms with Gasteiger partial charge in [-0.1, -0.05) is 28.1 Å². The Kier molecular flexibility index (Phi) is 5.96. The molecule has 114 valence electrons. The summed E-state index contributed by atoms with van der Waals surface area (Å²) in [6, 6.07) is 7.28. The van der Waals surface area contributed by atoms with Crippen molar-refractivity contribution in [3.63, 3.8) is 0 Å². The molecule has 0 heterocycles. The molecule has 1 aromatic carbocycles. The number of carbonyl (C=O) groups is 2. The van der Waals surface area contributed by atoms with Gasteiger partial charge in [0.2, 0.25) is 0 Å². The monoisotopic (exact) mass is 355 g/mol. The maximum atomic E-state index is 11.8. The van der Waals surface area contributed by atoms with E-state index in [9.17, 15) is 9.59 Å². The first-order valence-corrected chi connectivity index (χ1v) is 7.06. The van der Waals surface area contributed by atoms with Gasteiger partial charge < -0.3 is 9.47 Å². The number of nitrogens with one attached hydrogen (secondary N) is 1. The van der Waals surface area contributed by atoms with Gasteiger partial charge in [0.05, 0.1) is 7.11 Å². The van der Waals surface area contributed by atoms with Crippen molar-refractivity contribution in [3.05, 3.63) is 40.0 Å². The summed E-state index contributed by atoms with van der Waals surface area (Å²) in [5, 5.41) is 2.40. The lowest BCUT2D eigenvalue weighted by atomic mass is 10.2. The van der Waals surface area contributed by atoms with Gasteiger partial charge in [0.1, 0.15) is 11.3 Å². The average Bonchev–Trinajstić information content (AvgIpc) is 2.34. The van der Waals surface area contributed by atoms with Gasteiger partial charge in [-0.15, -0.1) is 0 Å². The third-order valence-electron chi connectivity index (χ3n) is 2.20. The van der Waals surface area contributed by atoms with Crippen LogP contribution >= 0.6 is 15.9 Å². The first-order chi connectivity index (χ1) is 9.71. The summed E-state index contributed by atoms with van der Waals surface area (Å²) >= 11 is 3.34. The molecule has 0 fully saturated rings. The normalized spacial score (nSPS) is 11.8. The van der Waals surface area contributed by atoms with Crippen molar-refractivity contribution in [1.82, 2.24) is 5.32 Å². The van der Waals surface area contributed by atoms with Crippen molar-refractivity contribution in [3.8, 4) is 0 Å². The van der Waals surface area contributed by atoms with Gasteiger partial charge in [-0.05, 0) is 44.5 Å². The Labute approximate surface area is 132 Å². The van der Waals surface area contributed by atoms with E-state index in [4.69, 9.17) is 4.74 Å². The Morgan fingerprint density at radius 2 is 1.95 bits per heavy atom. The number of methoxy groups -OCH3 is 1. The van der Waals surface area contributed by atoms with Crippen molar-refractivity contribution < 1.29 is 19.1 Å². The van der Waals surface area contributed by atoms with E-state index in [1.165, 1.54) is 13.2 Å². The molecular weight excluding hydrogens is 338 g/mol. The third kappa shape index (κ3) is 6.44. The SMILES string of the molecule is COC(=O)/C(=C\c1cccc(Br)c1)NC(=O)OC(C)(C)C. The number of benzene rings is 1. The van der Waals surface area contributed by atoms with Crippen LogP contribution in [0.3, 0.4) is 0 Å². The molecule has 0 aromatic heterocycles. The first-order valence-electron chi connectivity index (χ1n) is 6.27. The summed E-state index contributed by atoms with van der Waals surface area (Å²) in [6.45, 7) is 5.22. The molecule has 5 nitrogen and oxygen atoms in total. The average molecular weight is 356 g/mol. The van der Waals surface area contributed by atoms with Crippen LogP contribution in [0.25, 0.3) is 6.08 Å². The lowest BCUT2D eigenvalue weighted by Crippen LogP contribution is -2.34. The zero-order valence-corrected chi connectivity index (χ0v) is 14.0. The molecule has 0 saturated carbocycles. The Balaban J connectivity index is 2.96. The molecule has 0 unspecified atom stereocenters. The van der Waals surface area contributed by atoms with Crippen LogP contribution in [0, 0.1) is 0 Å². The van der Waals surface area contributed by atoms with E-state index in [0.29, 0.717) is 0 Å². The second kappa shape index (κ2) is 7.26. The van der Waals surface area contributed by atoms with Gasteiger partial charge in [0.15, 0.2) is 0 Å². The van der Waals surface area contributed by atoms with E-state index in [1.807, 2.05) is 12.1 Å². The highest BCUT2D eigenvalue weighted by molar-refractivity contribution is 9.10. The summed E-state index contributed by atoms with van der Waals surface area (Å²) in [5.41, 5.74) is 0.0897. The van der Waals surface area contributed by atoms with Crippen LogP contribution in [0.15, 0.2) is 34.4 Å². The lowest BCUT2D eigenvalue weighted by Gasteiger charge is -2.20. The maximum absolute atomic E-state index is 11.8. The van der Waals surface area contributed by atoms with E-state index >= 15 is 0 Å². The minimum Gasteiger partial charge on any atom is -0.464 e. The van der Waals surface area contributed by atoms with Gasteiger partial charge >= 0.3 is 12.1 Å². The van der Waals surface area contributed by atoms with Gasteiger partial charge in [0, 0.05) is 4.47 Å². The molecule has 0 saturated heterocycles. The van der Waals surface area contributed by atoms with E-state index in [1.54, 1.807) is 32.9 Å². The molecule has 1 N–H and O–H groups in total. The molecule has 0 aliphatic rings. The van der Waals surface area contributed by atoms with Crippen LogP contribution in [0.2, 0.25) is 0 Å². The highest BCUT2D eigenvalue weighted by Gasteiger charge is 2.20. The summed E-state index contributed by atoms with van der Waals surface area (Å²) in [7, 11) is 1.24. The van der Waals surface area contributed by atoms with Gasteiger partial charge in [-0.3, -0.25) is 5.32 Å². The number of esters is 1. The van der Waals surface area contributed by atoms with Crippen LogP contribution in [-0.2, 0) is 14.3 Å². The molecule has 1 aromatic rings. The largest absolute Gasteiger partial charge is 0.464 e. The quantitative estimate of drug-likeness (QED) is 0.665. The molecule has 6 heteroatoms. The van der Waals surface area contributed by atoms with Gasteiger partial charge in [-0.25, -0.2) is 9.59 Å². The molecule has 0 spiro atoms. The van der Waals surface area contributed by atoms with E-state index in [2.05, 4.69) is 26.0 Å². The summed E-state index contributed by atoms with van der Waals surface area (Å²) in [4.78, 5) is 23.5. The van der Waals surface area contributed by atoms with Crippen molar-refractivity contribution in [2.45, 2.75) is 26.4 Å². The zero-order chi connectivity index (χ0) is 16.0. The minimum absolute atomic E-state index is 0.00449. The summed E-state index contributed by atoms with van der Waals surface area (Å²) in [5.74, 6) is -0.652. The predicted molar refractivity (Wildman–Crippen MR) is 83.5 cm³/mol. The number of carbonyl (C=O) groups excluding carboxylic acids is 2. The van der Waals surface area contributed by atoms with Crippen LogP contribution in [0.1, 0.15) is 26.3 Å². The molecule has 0 aliphatic heterocycles. The van der Waals surface area contributed by atoms with E-state index < -0.39 is 17.7 Å². The van der Waals surface area contributed by atoms with Crippen molar-refractivity contribution >= 4 is 34.1 Å². The van der Waals surface area contributed by atoms with Crippen molar-refractivity contribution in [2.24, 2.45) is 0 Å². The molecule has 0 atom stereocenters. The Morgan fingerprint density at radius 3 is 2.48 bits per heavy atom. The molecular formula is C15H18BrNO4. The van der Waals surface area contributed by atoms with Crippen LogP contribution < -0.4 is 5.32 Å². The molecule has 0 bridgehead atoms. The van der Waals surface area contributed by atoms with Crippen molar-refractivity contribution in [2.75, 3.05) is 7.11 Å². The standard InChI is InChI=1S/C15H18BrNO4/c1-15(2,3)21-14(19)17-12(13(18)20-4)9-10-6-5-7-11(16)8-10/h5-9H,1-4H3,(H,17,19)/b12-9+. The maximum Gasteiger partial charge on any atom is 0.412 e. The molecule has 21 heavy (non-hydrogen) atoms. The highest BCUT2D eigenvalue weighted by Crippen LogP contribution is 2.15. The molecule has 0 radical (unpaired) electrons. The Morgan fingerprint density at radius 1 is 1.29 bits per heavy atom. The highest BCUT2D eigenvalue weighted by atomic mass is 79.9. The van der Waals surface area contributed by atoms with Gasteiger partial charge in [-0.2, -0.15) is 0 Å². The third-order valence-corrected chi connectivity index (χ3v) is 2.69. The van der Waals surface area contributed by atoms with Crippen LogP contribution in [0.5, 0.6) is 0 Å². The first kappa shape index (κ1) is 17.2. The smallest absolute Gasteiger partial charge is 0.412 e. The summed E-state index contributed by atoms with van der Waals surface area (Å²) < 4.78 is 10.6. The van der Waals surface area contributed by atoms with E-state index in [-0.39, 0.29) is 5.70 Å². The van der Waals surface area contributed by atoms with Gasteiger partial charge in [0.25, 0.3) is 0 Å². The summed E-state index contributed by atoms with van der Waals surface area (Å²) in [6.07, 6.45) is 0.801. The fraction of sp³-hybridized carbons (Fsp3) is 0.333. The number of hydrogen-bond acceptors (Lipinski definition) is 4. The van der Waals surface area contributed by atoms with E-state index in [0.717, 1.165) is 10.0 Å². The lowest BCUT2D eigenvalue weighted by molar-refractivity contribution is -0.136.